The maximum atomic E-state index is 12.4. The second-order valence-corrected chi connectivity index (χ2v) is 6.47. The molecule has 7 nitrogen and oxygen atoms in total. The molecule has 1 aromatic carbocycles. The molecule has 0 saturated carbocycles. The van der Waals surface area contributed by atoms with Crippen molar-refractivity contribution in [3.8, 4) is 5.75 Å². The lowest BCUT2D eigenvalue weighted by atomic mass is 10.0. The van der Waals surface area contributed by atoms with Gasteiger partial charge in [-0.25, -0.2) is 4.98 Å². The van der Waals surface area contributed by atoms with Gasteiger partial charge in [0.05, 0.1) is 6.20 Å². The van der Waals surface area contributed by atoms with Crippen molar-refractivity contribution in [2.24, 2.45) is 0 Å². The number of piperidine rings is 1. The Bertz CT molecular complexity index is 774. The number of aromatic nitrogens is 2. The molecule has 3 rings (SSSR count). The molecule has 0 bridgehead atoms. The van der Waals surface area contributed by atoms with Crippen molar-refractivity contribution in [1.82, 2.24) is 20.2 Å². The molecule has 1 aliphatic heterocycles. The van der Waals surface area contributed by atoms with Crippen LogP contribution in [0.4, 0.5) is 0 Å². The highest BCUT2D eigenvalue weighted by atomic mass is 16.5. The average Bonchev–Trinajstić information content (AvgIpc) is 2.73. The van der Waals surface area contributed by atoms with E-state index in [1.807, 2.05) is 24.3 Å². The van der Waals surface area contributed by atoms with E-state index in [0.29, 0.717) is 31.6 Å². The lowest BCUT2D eigenvalue weighted by molar-refractivity contribution is -0.124. The van der Waals surface area contributed by atoms with Gasteiger partial charge < -0.3 is 15.0 Å². The Morgan fingerprint density at radius 3 is 2.70 bits per heavy atom. The largest absolute Gasteiger partial charge is 0.483 e. The van der Waals surface area contributed by atoms with Crippen LogP contribution in [0.1, 0.15) is 35.8 Å². The van der Waals surface area contributed by atoms with Crippen LogP contribution in [0.5, 0.6) is 5.75 Å². The first-order valence-electron chi connectivity index (χ1n) is 9.22. The lowest BCUT2D eigenvalue weighted by Crippen LogP contribution is -2.47. The minimum absolute atomic E-state index is 0.00420. The summed E-state index contributed by atoms with van der Waals surface area (Å²) in [4.78, 5) is 34.3. The van der Waals surface area contributed by atoms with E-state index >= 15 is 0 Å². The number of carbonyl (C=O) groups is 2. The van der Waals surface area contributed by atoms with Gasteiger partial charge in [-0.15, -0.1) is 0 Å². The number of likely N-dealkylation sites (tertiary alicyclic amines) is 1. The SMILES string of the molecule is CCc1ccccc1OCC(=O)NC1CCN(C(=O)c2cnccn2)CC1. The number of carbonyl (C=O) groups excluding carboxylic acids is 2. The molecule has 2 aromatic rings. The summed E-state index contributed by atoms with van der Waals surface area (Å²) < 4.78 is 5.66. The van der Waals surface area contributed by atoms with Crippen LogP contribution in [0, 0.1) is 0 Å². The van der Waals surface area contributed by atoms with Crippen LogP contribution in [0.25, 0.3) is 0 Å². The van der Waals surface area contributed by atoms with Crippen LogP contribution >= 0.6 is 0 Å². The molecule has 0 atom stereocenters. The Kier molecular flexibility index (Phi) is 6.35. The zero-order valence-electron chi connectivity index (χ0n) is 15.4. The van der Waals surface area contributed by atoms with Crippen LogP contribution in [0.15, 0.2) is 42.9 Å². The molecule has 1 aliphatic rings. The minimum Gasteiger partial charge on any atom is -0.483 e. The van der Waals surface area contributed by atoms with E-state index < -0.39 is 0 Å². The number of hydrogen-bond donors (Lipinski definition) is 1. The number of para-hydroxylation sites is 1. The normalized spacial score (nSPS) is 14.6. The second-order valence-electron chi connectivity index (χ2n) is 6.47. The number of rotatable bonds is 6. The fraction of sp³-hybridized carbons (Fsp3) is 0.400. The van der Waals surface area contributed by atoms with Crippen molar-refractivity contribution in [3.63, 3.8) is 0 Å². The van der Waals surface area contributed by atoms with Crippen molar-refractivity contribution >= 4 is 11.8 Å². The molecule has 27 heavy (non-hydrogen) atoms. The summed E-state index contributed by atoms with van der Waals surface area (Å²) in [5, 5.41) is 3.00. The number of nitrogens with zero attached hydrogens (tertiary/aromatic N) is 3. The van der Waals surface area contributed by atoms with E-state index in [2.05, 4.69) is 22.2 Å². The smallest absolute Gasteiger partial charge is 0.274 e. The third-order valence-corrected chi connectivity index (χ3v) is 4.64. The third-order valence-electron chi connectivity index (χ3n) is 4.64. The standard InChI is InChI=1S/C20H24N4O3/c1-2-15-5-3-4-6-18(15)27-14-19(25)23-16-7-11-24(12-8-16)20(26)17-13-21-9-10-22-17/h3-6,9-10,13,16H,2,7-8,11-12,14H2,1H3,(H,23,25). The summed E-state index contributed by atoms with van der Waals surface area (Å²) in [6.45, 7) is 3.22. The molecule has 1 fully saturated rings. The first-order valence-corrected chi connectivity index (χ1v) is 9.22. The van der Waals surface area contributed by atoms with Crippen LogP contribution in [-0.4, -0.2) is 52.4 Å². The Morgan fingerprint density at radius 2 is 2.00 bits per heavy atom. The number of aryl methyl sites for hydroxylation is 1. The maximum absolute atomic E-state index is 12.4. The van der Waals surface area contributed by atoms with Gasteiger partial charge in [0, 0.05) is 31.5 Å². The van der Waals surface area contributed by atoms with Crippen molar-refractivity contribution in [3.05, 3.63) is 54.1 Å². The number of hydrogen-bond acceptors (Lipinski definition) is 5. The molecule has 1 aromatic heterocycles. The molecule has 2 heterocycles. The summed E-state index contributed by atoms with van der Waals surface area (Å²) >= 11 is 0. The molecule has 0 aliphatic carbocycles. The minimum atomic E-state index is -0.139. The molecule has 7 heteroatoms. The quantitative estimate of drug-likeness (QED) is 0.841. The molecule has 0 unspecified atom stereocenters. The molecule has 1 saturated heterocycles. The predicted octanol–water partition coefficient (Wildman–Crippen LogP) is 1.84. The molecule has 2 amide bonds. The summed E-state index contributed by atoms with van der Waals surface area (Å²) in [7, 11) is 0. The van der Waals surface area contributed by atoms with Crippen molar-refractivity contribution in [2.45, 2.75) is 32.2 Å². The van der Waals surface area contributed by atoms with Crippen LogP contribution in [-0.2, 0) is 11.2 Å². The van der Waals surface area contributed by atoms with Crippen molar-refractivity contribution in [2.75, 3.05) is 19.7 Å². The number of nitrogens with one attached hydrogen (secondary N) is 1. The predicted molar refractivity (Wildman–Crippen MR) is 100 cm³/mol. The van der Waals surface area contributed by atoms with Crippen molar-refractivity contribution in [1.29, 1.82) is 0 Å². The summed E-state index contributed by atoms with van der Waals surface area (Å²) in [5.74, 6) is 0.492. The van der Waals surface area contributed by atoms with Gasteiger partial charge in [0.15, 0.2) is 6.61 Å². The zero-order valence-corrected chi connectivity index (χ0v) is 15.4. The Labute approximate surface area is 158 Å². The molecular formula is C20H24N4O3. The highest BCUT2D eigenvalue weighted by Crippen LogP contribution is 2.18. The summed E-state index contributed by atoms with van der Waals surface area (Å²) in [6, 6.07) is 7.78. The Balaban J connectivity index is 1.43. The van der Waals surface area contributed by atoms with E-state index in [1.165, 1.54) is 12.4 Å². The van der Waals surface area contributed by atoms with Gasteiger partial charge in [-0.1, -0.05) is 25.1 Å². The second kappa shape index (κ2) is 9.12. The number of amides is 2. The topological polar surface area (TPSA) is 84.4 Å². The maximum Gasteiger partial charge on any atom is 0.274 e. The molecule has 142 valence electrons. The highest BCUT2D eigenvalue weighted by Gasteiger charge is 2.25. The van der Waals surface area contributed by atoms with Crippen LogP contribution in [0.3, 0.4) is 0 Å². The molecular weight excluding hydrogens is 344 g/mol. The lowest BCUT2D eigenvalue weighted by Gasteiger charge is -2.32. The van der Waals surface area contributed by atoms with E-state index in [4.69, 9.17) is 4.74 Å². The van der Waals surface area contributed by atoms with E-state index in [9.17, 15) is 9.59 Å². The molecule has 0 radical (unpaired) electrons. The van der Waals surface area contributed by atoms with Crippen molar-refractivity contribution < 1.29 is 14.3 Å². The van der Waals surface area contributed by atoms with Gasteiger partial charge >= 0.3 is 0 Å². The van der Waals surface area contributed by atoms with E-state index in [1.54, 1.807) is 11.1 Å². The molecule has 0 spiro atoms. The van der Waals surface area contributed by atoms with Gasteiger partial charge in [0.2, 0.25) is 0 Å². The summed E-state index contributed by atoms with van der Waals surface area (Å²) in [5.41, 5.74) is 1.43. The number of ether oxygens (including phenoxy) is 1. The van der Waals surface area contributed by atoms with E-state index in [-0.39, 0.29) is 24.5 Å². The van der Waals surface area contributed by atoms with Gasteiger partial charge in [0.1, 0.15) is 11.4 Å². The molecule has 1 N–H and O–H groups in total. The zero-order chi connectivity index (χ0) is 19.1. The van der Waals surface area contributed by atoms with Gasteiger partial charge in [-0.05, 0) is 30.9 Å². The summed E-state index contributed by atoms with van der Waals surface area (Å²) in [6.07, 6.45) is 6.81. The number of benzene rings is 1. The fourth-order valence-electron chi connectivity index (χ4n) is 3.15. The van der Waals surface area contributed by atoms with E-state index in [0.717, 1.165) is 17.7 Å². The Morgan fingerprint density at radius 1 is 1.22 bits per heavy atom. The first kappa shape index (κ1) is 18.8. The van der Waals surface area contributed by atoms with Gasteiger partial charge in [-0.3, -0.25) is 14.6 Å². The van der Waals surface area contributed by atoms with Crippen LogP contribution in [0.2, 0.25) is 0 Å². The Hall–Kier alpha value is -2.96. The highest BCUT2D eigenvalue weighted by molar-refractivity contribution is 5.92. The monoisotopic (exact) mass is 368 g/mol. The third kappa shape index (κ3) is 5.03. The fourth-order valence-corrected chi connectivity index (χ4v) is 3.15. The van der Waals surface area contributed by atoms with Gasteiger partial charge in [0.25, 0.3) is 11.8 Å². The average molecular weight is 368 g/mol. The first-order chi connectivity index (χ1) is 13.2. The van der Waals surface area contributed by atoms with Crippen LogP contribution < -0.4 is 10.1 Å². The van der Waals surface area contributed by atoms with Gasteiger partial charge in [-0.2, -0.15) is 0 Å².